The molecule has 0 aliphatic carbocycles. The van der Waals surface area contributed by atoms with Crippen molar-refractivity contribution in [2.75, 3.05) is 0 Å². The van der Waals surface area contributed by atoms with Gasteiger partial charge in [0.1, 0.15) is 11.5 Å². The summed E-state index contributed by atoms with van der Waals surface area (Å²) >= 11 is 0. The highest BCUT2D eigenvalue weighted by Crippen LogP contribution is 2.23. The van der Waals surface area contributed by atoms with Crippen molar-refractivity contribution in [2.24, 2.45) is 5.73 Å². The topological polar surface area (TPSA) is 55.5 Å². The molecule has 0 bridgehead atoms. The molecule has 0 saturated heterocycles. The van der Waals surface area contributed by atoms with Crippen LogP contribution in [0, 0.1) is 0 Å². The predicted octanol–water partition coefficient (Wildman–Crippen LogP) is 2.99. The minimum atomic E-state index is 0.0147. The summed E-state index contributed by atoms with van der Waals surface area (Å²) in [7, 11) is 0. The van der Waals surface area contributed by atoms with Crippen LogP contribution in [-0.4, -0.2) is 5.11 Å². The number of rotatable bonds is 4. The van der Waals surface area contributed by atoms with Crippen LogP contribution in [0.2, 0.25) is 0 Å². The lowest BCUT2D eigenvalue weighted by Gasteiger charge is -2.09. The monoisotopic (exact) mass is 243 g/mol. The summed E-state index contributed by atoms with van der Waals surface area (Å²) in [6, 6.07) is 15.1. The number of aliphatic hydroxyl groups is 1. The van der Waals surface area contributed by atoms with Crippen LogP contribution in [0.25, 0.3) is 0 Å². The average Bonchev–Trinajstić information content (AvgIpc) is 2.39. The van der Waals surface area contributed by atoms with E-state index < -0.39 is 0 Å². The van der Waals surface area contributed by atoms with Crippen LogP contribution in [0.4, 0.5) is 0 Å². The third kappa shape index (κ3) is 3.09. The number of nitrogens with two attached hydrogens (primary N) is 1. The van der Waals surface area contributed by atoms with Gasteiger partial charge in [0.05, 0.1) is 6.61 Å². The first kappa shape index (κ1) is 12.6. The van der Waals surface area contributed by atoms with Crippen LogP contribution in [0.15, 0.2) is 48.5 Å². The van der Waals surface area contributed by atoms with Gasteiger partial charge in [0.25, 0.3) is 0 Å². The van der Waals surface area contributed by atoms with E-state index in [-0.39, 0.29) is 12.6 Å². The molecular weight excluding hydrogens is 226 g/mol. The highest BCUT2D eigenvalue weighted by molar-refractivity contribution is 5.35. The van der Waals surface area contributed by atoms with E-state index in [0.717, 1.165) is 22.6 Å². The molecule has 0 unspecified atom stereocenters. The average molecular weight is 243 g/mol. The van der Waals surface area contributed by atoms with Gasteiger partial charge >= 0.3 is 0 Å². The van der Waals surface area contributed by atoms with Crippen molar-refractivity contribution in [2.45, 2.75) is 19.6 Å². The molecule has 2 aromatic carbocycles. The Morgan fingerprint density at radius 2 is 1.83 bits per heavy atom. The van der Waals surface area contributed by atoms with E-state index in [2.05, 4.69) is 0 Å². The van der Waals surface area contributed by atoms with Gasteiger partial charge in [-0.15, -0.1) is 0 Å². The molecular formula is C15H17NO2. The number of ether oxygens (including phenoxy) is 1. The first-order chi connectivity index (χ1) is 8.69. The van der Waals surface area contributed by atoms with E-state index in [1.165, 1.54) is 0 Å². The molecule has 0 radical (unpaired) electrons. The van der Waals surface area contributed by atoms with Gasteiger partial charge < -0.3 is 15.6 Å². The number of hydrogen-bond acceptors (Lipinski definition) is 3. The van der Waals surface area contributed by atoms with Crippen molar-refractivity contribution >= 4 is 0 Å². The molecule has 3 nitrogen and oxygen atoms in total. The fraction of sp³-hybridized carbons (Fsp3) is 0.200. The van der Waals surface area contributed by atoms with Crippen molar-refractivity contribution in [3.63, 3.8) is 0 Å². The number of aliphatic hydroxyl groups excluding tert-OH is 1. The fourth-order valence-electron chi connectivity index (χ4n) is 1.68. The Hall–Kier alpha value is -1.84. The normalized spacial score (nSPS) is 12.2. The molecule has 0 fully saturated rings. The zero-order chi connectivity index (χ0) is 13.0. The Morgan fingerprint density at radius 3 is 2.44 bits per heavy atom. The van der Waals surface area contributed by atoms with Crippen molar-refractivity contribution in [1.82, 2.24) is 0 Å². The SMILES string of the molecule is C[C@H](N)c1ccc(Oc2cccc(CO)c2)cc1. The third-order valence-corrected chi connectivity index (χ3v) is 2.72. The van der Waals surface area contributed by atoms with Crippen LogP contribution in [-0.2, 0) is 6.61 Å². The molecule has 0 aromatic heterocycles. The van der Waals surface area contributed by atoms with E-state index in [4.69, 9.17) is 15.6 Å². The summed E-state index contributed by atoms with van der Waals surface area (Å²) in [5, 5.41) is 9.06. The maximum Gasteiger partial charge on any atom is 0.127 e. The third-order valence-electron chi connectivity index (χ3n) is 2.72. The smallest absolute Gasteiger partial charge is 0.127 e. The Kier molecular flexibility index (Phi) is 3.97. The minimum Gasteiger partial charge on any atom is -0.457 e. The molecule has 0 aliphatic rings. The molecule has 0 aliphatic heterocycles. The van der Waals surface area contributed by atoms with Gasteiger partial charge in [0.2, 0.25) is 0 Å². The molecule has 3 heteroatoms. The van der Waals surface area contributed by atoms with Gasteiger partial charge in [0, 0.05) is 6.04 Å². The highest BCUT2D eigenvalue weighted by Gasteiger charge is 2.01. The second-order valence-corrected chi connectivity index (χ2v) is 4.27. The van der Waals surface area contributed by atoms with E-state index in [9.17, 15) is 0 Å². The molecule has 0 heterocycles. The molecule has 1 atom stereocenters. The zero-order valence-electron chi connectivity index (χ0n) is 10.3. The molecule has 0 saturated carbocycles. The van der Waals surface area contributed by atoms with Crippen molar-refractivity contribution < 1.29 is 9.84 Å². The Labute approximate surface area is 107 Å². The first-order valence-corrected chi connectivity index (χ1v) is 5.92. The van der Waals surface area contributed by atoms with Gasteiger partial charge in [-0.25, -0.2) is 0 Å². The van der Waals surface area contributed by atoms with Crippen LogP contribution in [0.5, 0.6) is 11.5 Å². The summed E-state index contributed by atoms with van der Waals surface area (Å²) in [5.41, 5.74) is 7.69. The summed E-state index contributed by atoms with van der Waals surface area (Å²) < 4.78 is 5.70. The Morgan fingerprint density at radius 1 is 1.11 bits per heavy atom. The molecule has 3 N–H and O–H groups in total. The zero-order valence-corrected chi connectivity index (χ0v) is 10.3. The van der Waals surface area contributed by atoms with Crippen LogP contribution in [0.3, 0.4) is 0 Å². The highest BCUT2D eigenvalue weighted by atomic mass is 16.5. The standard InChI is InChI=1S/C15H17NO2/c1-11(16)13-5-7-14(8-6-13)18-15-4-2-3-12(9-15)10-17/h2-9,11,17H,10,16H2,1H3/t11-/m0/s1. The first-order valence-electron chi connectivity index (χ1n) is 5.92. The summed E-state index contributed by atoms with van der Waals surface area (Å²) in [4.78, 5) is 0. The van der Waals surface area contributed by atoms with Crippen LogP contribution >= 0.6 is 0 Å². The second-order valence-electron chi connectivity index (χ2n) is 4.27. The lowest BCUT2D eigenvalue weighted by molar-refractivity contribution is 0.281. The summed E-state index contributed by atoms with van der Waals surface area (Å²) in [6.07, 6.45) is 0. The maximum atomic E-state index is 9.06. The molecule has 94 valence electrons. The van der Waals surface area contributed by atoms with Gasteiger partial charge in [0.15, 0.2) is 0 Å². The van der Waals surface area contributed by atoms with Crippen LogP contribution in [0.1, 0.15) is 24.1 Å². The van der Waals surface area contributed by atoms with Gasteiger partial charge in [-0.3, -0.25) is 0 Å². The molecule has 2 rings (SSSR count). The van der Waals surface area contributed by atoms with E-state index in [1.54, 1.807) is 0 Å². The van der Waals surface area contributed by atoms with Crippen molar-refractivity contribution in [1.29, 1.82) is 0 Å². The quantitative estimate of drug-likeness (QED) is 0.868. The molecule has 2 aromatic rings. The van der Waals surface area contributed by atoms with Crippen molar-refractivity contribution in [3.05, 3.63) is 59.7 Å². The number of benzene rings is 2. The van der Waals surface area contributed by atoms with Crippen molar-refractivity contribution in [3.8, 4) is 11.5 Å². The number of hydrogen-bond donors (Lipinski definition) is 2. The predicted molar refractivity (Wildman–Crippen MR) is 71.5 cm³/mol. The molecule has 0 spiro atoms. The Bertz CT molecular complexity index is 506. The second kappa shape index (κ2) is 5.67. The van der Waals surface area contributed by atoms with Gasteiger partial charge in [-0.1, -0.05) is 24.3 Å². The summed E-state index contributed by atoms with van der Waals surface area (Å²) in [6.45, 7) is 1.96. The lowest BCUT2D eigenvalue weighted by Crippen LogP contribution is -2.04. The van der Waals surface area contributed by atoms with Gasteiger partial charge in [-0.2, -0.15) is 0 Å². The summed E-state index contributed by atoms with van der Waals surface area (Å²) in [5.74, 6) is 1.48. The molecule has 18 heavy (non-hydrogen) atoms. The van der Waals surface area contributed by atoms with Gasteiger partial charge in [-0.05, 0) is 42.3 Å². The van der Waals surface area contributed by atoms with E-state index in [0.29, 0.717) is 0 Å². The minimum absolute atomic E-state index is 0.0147. The lowest BCUT2D eigenvalue weighted by atomic mass is 10.1. The van der Waals surface area contributed by atoms with E-state index in [1.807, 2.05) is 55.5 Å². The van der Waals surface area contributed by atoms with Crippen LogP contribution < -0.4 is 10.5 Å². The fourth-order valence-corrected chi connectivity index (χ4v) is 1.68. The maximum absolute atomic E-state index is 9.06. The molecule has 0 amide bonds. The van der Waals surface area contributed by atoms with E-state index >= 15 is 0 Å². The Balaban J connectivity index is 2.13. The largest absolute Gasteiger partial charge is 0.457 e.